The SMILES string of the molecule is CC(C)CNCC(=O)OCC1CCOCC1. The third-order valence-electron chi connectivity index (χ3n) is 2.64. The summed E-state index contributed by atoms with van der Waals surface area (Å²) in [5.41, 5.74) is 0. The van der Waals surface area contributed by atoms with Crippen molar-refractivity contribution in [3.63, 3.8) is 0 Å². The van der Waals surface area contributed by atoms with E-state index in [4.69, 9.17) is 9.47 Å². The fraction of sp³-hybridized carbons (Fsp3) is 0.917. The molecule has 1 heterocycles. The molecule has 94 valence electrons. The van der Waals surface area contributed by atoms with Crippen molar-refractivity contribution in [2.24, 2.45) is 11.8 Å². The van der Waals surface area contributed by atoms with Crippen molar-refractivity contribution in [1.82, 2.24) is 5.32 Å². The number of hydrogen-bond donors (Lipinski definition) is 1. The molecule has 0 aliphatic carbocycles. The van der Waals surface area contributed by atoms with Crippen molar-refractivity contribution in [2.75, 3.05) is 32.9 Å². The Kier molecular flexibility index (Phi) is 6.42. The van der Waals surface area contributed by atoms with Crippen molar-refractivity contribution >= 4 is 5.97 Å². The molecule has 1 rings (SSSR count). The molecule has 0 radical (unpaired) electrons. The van der Waals surface area contributed by atoms with E-state index in [-0.39, 0.29) is 5.97 Å². The second kappa shape index (κ2) is 7.63. The lowest BCUT2D eigenvalue weighted by Crippen LogP contribution is -2.30. The minimum absolute atomic E-state index is 0.146. The Hall–Kier alpha value is -0.610. The summed E-state index contributed by atoms with van der Waals surface area (Å²) in [6, 6.07) is 0. The van der Waals surface area contributed by atoms with Gasteiger partial charge in [0, 0.05) is 13.2 Å². The van der Waals surface area contributed by atoms with Crippen LogP contribution < -0.4 is 5.32 Å². The van der Waals surface area contributed by atoms with Gasteiger partial charge in [0.05, 0.1) is 13.2 Å². The van der Waals surface area contributed by atoms with Gasteiger partial charge in [0.2, 0.25) is 0 Å². The molecular formula is C12H23NO3. The summed E-state index contributed by atoms with van der Waals surface area (Å²) in [6.07, 6.45) is 2.01. The van der Waals surface area contributed by atoms with Gasteiger partial charge in [-0.15, -0.1) is 0 Å². The summed E-state index contributed by atoms with van der Waals surface area (Å²) in [4.78, 5) is 11.4. The van der Waals surface area contributed by atoms with Gasteiger partial charge in [0.25, 0.3) is 0 Å². The highest BCUT2D eigenvalue weighted by Crippen LogP contribution is 2.14. The molecule has 1 saturated heterocycles. The van der Waals surface area contributed by atoms with Crippen molar-refractivity contribution < 1.29 is 14.3 Å². The first kappa shape index (κ1) is 13.5. The van der Waals surface area contributed by atoms with Crippen molar-refractivity contribution in [3.05, 3.63) is 0 Å². The van der Waals surface area contributed by atoms with Gasteiger partial charge in [0.1, 0.15) is 0 Å². The maximum absolute atomic E-state index is 11.4. The molecule has 0 bridgehead atoms. The number of nitrogens with one attached hydrogen (secondary N) is 1. The number of rotatable bonds is 6. The number of esters is 1. The van der Waals surface area contributed by atoms with E-state index in [1.807, 2.05) is 0 Å². The number of carbonyl (C=O) groups excluding carboxylic acids is 1. The minimum atomic E-state index is -0.146. The summed E-state index contributed by atoms with van der Waals surface area (Å²) in [6.45, 7) is 7.54. The van der Waals surface area contributed by atoms with Gasteiger partial charge in [-0.05, 0) is 31.2 Å². The molecule has 0 aromatic heterocycles. The summed E-state index contributed by atoms with van der Waals surface area (Å²) >= 11 is 0. The Balaban J connectivity index is 2.00. The average Bonchev–Trinajstić information content (AvgIpc) is 2.27. The monoisotopic (exact) mass is 229 g/mol. The van der Waals surface area contributed by atoms with Crippen molar-refractivity contribution in [3.8, 4) is 0 Å². The molecule has 0 spiro atoms. The van der Waals surface area contributed by atoms with Crippen LogP contribution in [-0.2, 0) is 14.3 Å². The molecule has 16 heavy (non-hydrogen) atoms. The Morgan fingerprint density at radius 1 is 1.44 bits per heavy atom. The first-order valence-corrected chi connectivity index (χ1v) is 6.12. The van der Waals surface area contributed by atoms with Crippen LogP contribution in [0.3, 0.4) is 0 Å². The fourth-order valence-corrected chi connectivity index (χ4v) is 1.64. The van der Waals surface area contributed by atoms with Crippen molar-refractivity contribution in [1.29, 1.82) is 0 Å². The van der Waals surface area contributed by atoms with Crippen LogP contribution in [0.5, 0.6) is 0 Å². The molecule has 0 atom stereocenters. The van der Waals surface area contributed by atoms with E-state index in [1.165, 1.54) is 0 Å². The largest absolute Gasteiger partial charge is 0.464 e. The Labute approximate surface area is 97.7 Å². The Morgan fingerprint density at radius 2 is 2.12 bits per heavy atom. The van der Waals surface area contributed by atoms with E-state index in [1.54, 1.807) is 0 Å². The molecule has 1 aliphatic heterocycles. The molecule has 4 nitrogen and oxygen atoms in total. The van der Waals surface area contributed by atoms with Gasteiger partial charge in [0.15, 0.2) is 0 Å². The predicted molar refractivity (Wildman–Crippen MR) is 62.2 cm³/mol. The molecule has 1 aliphatic rings. The zero-order chi connectivity index (χ0) is 11.8. The van der Waals surface area contributed by atoms with Gasteiger partial charge < -0.3 is 14.8 Å². The normalized spacial score (nSPS) is 17.7. The predicted octanol–water partition coefficient (Wildman–Crippen LogP) is 1.20. The molecule has 1 N–H and O–H groups in total. The first-order chi connectivity index (χ1) is 7.68. The highest BCUT2D eigenvalue weighted by molar-refractivity contribution is 5.71. The smallest absolute Gasteiger partial charge is 0.319 e. The van der Waals surface area contributed by atoms with Crippen LogP contribution in [-0.4, -0.2) is 38.9 Å². The molecule has 1 fully saturated rings. The van der Waals surface area contributed by atoms with Crippen LogP contribution in [0.4, 0.5) is 0 Å². The zero-order valence-corrected chi connectivity index (χ0v) is 10.3. The molecule has 0 aromatic rings. The molecular weight excluding hydrogens is 206 g/mol. The third kappa shape index (κ3) is 6.08. The summed E-state index contributed by atoms with van der Waals surface area (Å²) in [7, 11) is 0. The minimum Gasteiger partial charge on any atom is -0.464 e. The molecule has 4 heteroatoms. The lowest BCUT2D eigenvalue weighted by atomic mass is 10.0. The molecule has 0 saturated carbocycles. The average molecular weight is 229 g/mol. The highest BCUT2D eigenvalue weighted by atomic mass is 16.5. The summed E-state index contributed by atoms with van der Waals surface area (Å²) in [5, 5.41) is 3.07. The van der Waals surface area contributed by atoms with E-state index in [0.717, 1.165) is 32.6 Å². The Bertz CT molecular complexity index is 200. The third-order valence-corrected chi connectivity index (χ3v) is 2.64. The van der Waals surface area contributed by atoms with Gasteiger partial charge in [-0.1, -0.05) is 13.8 Å². The van der Waals surface area contributed by atoms with Crippen molar-refractivity contribution in [2.45, 2.75) is 26.7 Å². The lowest BCUT2D eigenvalue weighted by molar-refractivity contribution is -0.144. The van der Waals surface area contributed by atoms with Crippen LogP contribution in [0.15, 0.2) is 0 Å². The molecule has 0 amide bonds. The van der Waals surface area contributed by atoms with Gasteiger partial charge in [-0.3, -0.25) is 4.79 Å². The van der Waals surface area contributed by atoms with Crippen LogP contribution >= 0.6 is 0 Å². The van der Waals surface area contributed by atoms with E-state index in [2.05, 4.69) is 19.2 Å². The van der Waals surface area contributed by atoms with Crippen LogP contribution in [0, 0.1) is 11.8 Å². The standard InChI is InChI=1S/C12H23NO3/c1-10(2)7-13-8-12(14)16-9-11-3-5-15-6-4-11/h10-11,13H,3-9H2,1-2H3. The lowest BCUT2D eigenvalue weighted by Gasteiger charge is -2.21. The van der Waals surface area contributed by atoms with E-state index < -0.39 is 0 Å². The number of carbonyl (C=O) groups is 1. The van der Waals surface area contributed by atoms with Gasteiger partial charge in [-0.2, -0.15) is 0 Å². The van der Waals surface area contributed by atoms with Crippen LogP contribution in [0.2, 0.25) is 0 Å². The topological polar surface area (TPSA) is 47.6 Å². The zero-order valence-electron chi connectivity index (χ0n) is 10.3. The van der Waals surface area contributed by atoms with E-state index >= 15 is 0 Å². The fourth-order valence-electron chi connectivity index (χ4n) is 1.64. The Morgan fingerprint density at radius 3 is 2.75 bits per heavy atom. The maximum Gasteiger partial charge on any atom is 0.319 e. The van der Waals surface area contributed by atoms with Crippen LogP contribution in [0.1, 0.15) is 26.7 Å². The quantitative estimate of drug-likeness (QED) is 0.695. The first-order valence-electron chi connectivity index (χ1n) is 6.12. The molecule has 0 aromatic carbocycles. The van der Waals surface area contributed by atoms with Gasteiger partial charge >= 0.3 is 5.97 Å². The highest BCUT2D eigenvalue weighted by Gasteiger charge is 2.15. The van der Waals surface area contributed by atoms with Gasteiger partial charge in [-0.25, -0.2) is 0 Å². The summed E-state index contributed by atoms with van der Waals surface area (Å²) in [5.74, 6) is 0.901. The number of hydrogen-bond acceptors (Lipinski definition) is 4. The van der Waals surface area contributed by atoms with E-state index in [0.29, 0.717) is 25.0 Å². The van der Waals surface area contributed by atoms with Crippen LogP contribution in [0.25, 0.3) is 0 Å². The number of ether oxygens (including phenoxy) is 2. The van der Waals surface area contributed by atoms with E-state index in [9.17, 15) is 4.79 Å². The molecule has 0 unspecified atom stereocenters. The maximum atomic E-state index is 11.4. The second-order valence-corrected chi connectivity index (χ2v) is 4.76. The second-order valence-electron chi connectivity index (χ2n) is 4.76. The summed E-state index contributed by atoms with van der Waals surface area (Å²) < 4.78 is 10.5.